The van der Waals surface area contributed by atoms with Gasteiger partial charge in [-0.15, -0.1) is 0 Å². The molecule has 2 rings (SSSR count). The topological polar surface area (TPSA) is 66.4 Å². The molecule has 130 valence electrons. The predicted molar refractivity (Wildman–Crippen MR) is 98.3 cm³/mol. The molecule has 2 aromatic rings. The van der Waals surface area contributed by atoms with Crippen molar-refractivity contribution in [1.29, 1.82) is 0 Å². The molecule has 25 heavy (non-hydrogen) atoms. The molecule has 0 unspecified atom stereocenters. The SMILES string of the molecule is CC(C)C(CNC(=O)C=CC(=O)O)(c1ccccc1)c1ccccc1. The van der Waals surface area contributed by atoms with Crippen molar-refractivity contribution in [1.82, 2.24) is 5.32 Å². The van der Waals surface area contributed by atoms with Gasteiger partial charge in [0.15, 0.2) is 0 Å². The minimum Gasteiger partial charge on any atom is -0.478 e. The van der Waals surface area contributed by atoms with Crippen molar-refractivity contribution in [3.8, 4) is 0 Å². The Morgan fingerprint density at radius 2 is 1.44 bits per heavy atom. The maximum absolute atomic E-state index is 12.0. The van der Waals surface area contributed by atoms with Crippen molar-refractivity contribution < 1.29 is 14.7 Å². The van der Waals surface area contributed by atoms with Crippen molar-refractivity contribution >= 4 is 11.9 Å². The molecule has 0 heterocycles. The Labute approximate surface area is 148 Å². The van der Waals surface area contributed by atoms with Crippen molar-refractivity contribution in [3.05, 3.63) is 83.9 Å². The van der Waals surface area contributed by atoms with Crippen LogP contribution in [0.2, 0.25) is 0 Å². The first-order valence-electron chi connectivity index (χ1n) is 8.26. The number of rotatable bonds is 7. The molecule has 4 nitrogen and oxygen atoms in total. The highest BCUT2D eigenvalue weighted by Gasteiger charge is 2.37. The van der Waals surface area contributed by atoms with Gasteiger partial charge in [0.2, 0.25) is 5.91 Å². The van der Waals surface area contributed by atoms with Crippen molar-refractivity contribution in [3.63, 3.8) is 0 Å². The summed E-state index contributed by atoms with van der Waals surface area (Å²) < 4.78 is 0. The lowest BCUT2D eigenvalue weighted by atomic mass is 9.67. The summed E-state index contributed by atoms with van der Waals surface area (Å²) in [6.07, 6.45) is 1.89. The van der Waals surface area contributed by atoms with E-state index in [0.29, 0.717) is 6.54 Å². The molecule has 0 radical (unpaired) electrons. The molecule has 0 aliphatic carbocycles. The minimum atomic E-state index is -1.14. The van der Waals surface area contributed by atoms with E-state index >= 15 is 0 Å². The van der Waals surface area contributed by atoms with E-state index in [4.69, 9.17) is 5.11 Å². The second kappa shape index (κ2) is 8.29. The maximum atomic E-state index is 12.0. The lowest BCUT2D eigenvalue weighted by molar-refractivity contribution is -0.131. The van der Waals surface area contributed by atoms with Crippen LogP contribution in [0.1, 0.15) is 25.0 Å². The molecular formula is C21H23NO3. The van der Waals surface area contributed by atoms with Crippen LogP contribution in [-0.4, -0.2) is 23.5 Å². The molecule has 0 spiro atoms. The molecule has 2 N–H and O–H groups in total. The highest BCUT2D eigenvalue weighted by molar-refractivity contribution is 5.93. The standard InChI is InChI=1S/C21H23NO3/c1-16(2)21(17-9-5-3-6-10-17,18-11-7-4-8-12-18)15-22-19(23)13-14-20(24)25/h3-14,16H,15H2,1-2H3,(H,22,23)(H,24,25). The van der Waals surface area contributed by atoms with E-state index in [1.54, 1.807) is 0 Å². The normalized spacial score (nSPS) is 11.6. The summed E-state index contributed by atoms with van der Waals surface area (Å²) in [5.74, 6) is -1.35. The number of carboxylic acids is 1. The fourth-order valence-electron chi connectivity index (χ4n) is 3.15. The van der Waals surface area contributed by atoms with Crippen molar-refractivity contribution in [2.24, 2.45) is 5.92 Å². The highest BCUT2D eigenvalue weighted by Crippen LogP contribution is 2.38. The molecule has 0 fully saturated rings. The third-order valence-electron chi connectivity index (χ3n) is 4.48. The van der Waals surface area contributed by atoms with Crippen LogP contribution in [0.4, 0.5) is 0 Å². The Morgan fingerprint density at radius 3 is 1.84 bits per heavy atom. The summed E-state index contributed by atoms with van der Waals surface area (Å²) >= 11 is 0. The minimum absolute atomic E-state index is 0.209. The van der Waals surface area contributed by atoms with Crippen molar-refractivity contribution in [2.75, 3.05) is 6.54 Å². The summed E-state index contributed by atoms with van der Waals surface area (Å²) in [7, 11) is 0. The van der Waals surface area contributed by atoms with Gasteiger partial charge in [-0.2, -0.15) is 0 Å². The van der Waals surface area contributed by atoms with Crippen LogP contribution in [0.5, 0.6) is 0 Å². The van der Waals surface area contributed by atoms with Gasteiger partial charge in [-0.25, -0.2) is 4.79 Å². The number of carbonyl (C=O) groups is 2. The number of aliphatic carboxylic acids is 1. The van der Waals surface area contributed by atoms with E-state index in [9.17, 15) is 9.59 Å². The zero-order chi connectivity index (χ0) is 18.3. The van der Waals surface area contributed by atoms with Gasteiger partial charge in [0.25, 0.3) is 0 Å². The van der Waals surface area contributed by atoms with Gasteiger partial charge in [-0.1, -0.05) is 74.5 Å². The molecule has 1 amide bonds. The van der Waals surface area contributed by atoms with Crippen LogP contribution in [0.3, 0.4) is 0 Å². The Bertz CT molecular complexity index is 697. The smallest absolute Gasteiger partial charge is 0.328 e. The molecule has 0 atom stereocenters. The maximum Gasteiger partial charge on any atom is 0.328 e. The van der Waals surface area contributed by atoms with E-state index in [1.807, 2.05) is 36.4 Å². The van der Waals surface area contributed by atoms with E-state index < -0.39 is 17.3 Å². The zero-order valence-corrected chi connectivity index (χ0v) is 14.5. The molecule has 0 saturated carbocycles. The van der Waals surface area contributed by atoms with Crippen LogP contribution < -0.4 is 5.32 Å². The molecular weight excluding hydrogens is 314 g/mol. The van der Waals surface area contributed by atoms with E-state index in [-0.39, 0.29) is 5.92 Å². The Kier molecular flexibility index (Phi) is 6.12. The summed E-state index contributed by atoms with van der Waals surface area (Å²) in [6.45, 7) is 4.62. The number of hydrogen-bond acceptors (Lipinski definition) is 2. The van der Waals surface area contributed by atoms with Gasteiger partial charge < -0.3 is 10.4 Å². The van der Waals surface area contributed by atoms with Gasteiger partial charge in [-0.05, 0) is 17.0 Å². The van der Waals surface area contributed by atoms with Crippen LogP contribution in [0.25, 0.3) is 0 Å². The van der Waals surface area contributed by atoms with Crippen LogP contribution in [0.15, 0.2) is 72.8 Å². The number of hydrogen-bond donors (Lipinski definition) is 2. The first-order valence-corrected chi connectivity index (χ1v) is 8.26. The summed E-state index contributed by atoms with van der Waals surface area (Å²) in [5, 5.41) is 11.5. The summed E-state index contributed by atoms with van der Waals surface area (Å²) in [6, 6.07) is 20.1. The fraction of sp³-hybridized carbons (Fsp3) is 0.238. The average molecular weight is 337 g/mol. The zero-order valence-electron chi connectivity index (χ0n) is 14.5. The van der Waals surface area contributed by atoms with Crippen LogP contribution in [0, 0.1) is 5.92 Å². The molecule has 2 aromatic carbocycles. The second-order valence-corrected chi connectivity index (χ2v) is 6.25. The van der Waals surface area contributed by atoms with E-state index in [1.165, 1.54) is 0 Å². The van der Waals surface area contributed by atoms with Crippen LogP contribution >= 0.6 is 0 Å². The van der Waals surface area contributed by atoms with Gasteiger partial charge in [0.05, 0.1) is 0 Å². The molecule has 0 aromatic heterocycles. The van der Waals surface area contributed by atoms with Gasteiger partial charge in [0.1, 0.15) is 0 Å². The van der Waals surface area contributed by atoms with E-state index in [2.05, 4.69) is 43.4 Å². The Hall–Kier alpha value is -2.88. The first kappa shape index (κ1) is 18.5. The number of carboxylic acid groups (broad SMARTS) is 1. The average Bonchev–Trinajstić information content (AvgIpc) is 2.62. The predicted octanol–water partition coefficient (Wildman–Crippen LogP) is 3.39. The monoisotopic (exact) mass is 337 g/mol. The third kappa shape index (κ3) is 4.35. The Balaban J connectivity index is 2.42. The molecule has 0 aliphatic heterocycles. The van der Waals surface area contributed by atoms with Crippen LogP contribution in [-0.2, 0) is 15.0 Å². The van der Waals surface area contributed by atoms with Gasteiger partial charge >= 0.3 is 5.97 Å². The molecule has 4 heteroatoms. The fourth-order valence-corrected chi connectivity index (χ4v) is 3.15. The van der Waals surface area contributed by atoms with Crippen molar-refractivity contribution in [2.45, 2.75) is 19.3 Å². The largest absolute Gasteiger partial charge is 0.478 e. The Morgan fingerprint density at radius 1 is 0.960 bits per heavy atom. The lowest BCUT2D eigenvalue weighted by Crippen LogP contribution is -2.45. The number of carbonyl (C=O) groups excluding carboxylic acids is 1. The van der Waals surface area contributed by atoms with Gasteiger partial charge in [0, 0.05) is 24.1 Å². The highest BCUT2D eigenvalue weighted by atomic mass is 16.4. The van der Waals surface area contributed by atoms with E-state index in [0.717, 1.165) is 23.3 Å². The number of amides is 1. The first-order chi connectivity index (χ1) is 12.0. The third-order valence-corrected chi connectivity index (χ3v) is 4.48. The number of nitrogens with one attached hydrogen (secondary N) is 1. The molecule has 0 aliphatic rings. The quantitative estimate of drug-likeness (QED) is 0.761. The molecule has 0 saturated heterocycles. The lowest BCUT2D eigenvalue weighted by Gasteiger charge is -2.39. The summed E-state index contributed by atoms with van der Waals surface area (Å²) in [4.78, 5) is 22.6. The molecule has 0 bridgehead atoms. The second-order valence-electron chi connectivity index (χ2n) is 6.25. The van der Waals surface area contributed by atoms with Gasteiger partial charge in [-0.3, -0.25) is 4.79 Å². The summed E-state index contributed by atoms with van der Waals surface area (Å²) in [5.41, 5.74) is 1.81. The number of benzene rings is 2.